The third-order valence-corrected chi connectivity index (χ3v) is 5.18. The van der Waals surface area contributed by atoms with E-state index in [1.807, 2.05) is 39.8 Å². The van der Waals surface area contributed by atoms with Crippen molar-refractivity contribution in [3.05, 3.63) is 110 Å². The average Bonchev–Trinajstić information content (AvgIpc) is 2.73. The van der Waals surface area contributed by atoms with Crippen molar-refractivity contribution in [1.29, 1.82) is 0 Å². The van der Waals surface area contributed by atoms with Crippen LogP contribution in [0.4, 0.5) is 17.1 Å². The normalized spacial score (nSPS) is 11.2. The number of aryl methyl sites for hydroxylation is 6. The monoisotopic (exact) mass is 503 g/mol. The number of hydrogen-bond acceptors (Lipinski definition) is 3. The Bertz CT molecular complexity index is 1140. The van der Waals surface area contributed by atoms with Crippen molar-refractivity contribution in [3.63, 3.8) is 0 Å². The van der Waals surface area contributed by atoms with Crippen molar-refractivity contribution in [2.24, 2.45) is 10.2 Å². The molecule has 0 aliphatic heterocycles. The summed E-state index contributed by atoms with van der Waals surface area (Å²) in [5.41, 5.74) is 11.5. The SMILES string of the molecule is CC(/C=C(/C)[N-]c1c(C)cccc1C)=Nc1c(C)cccc1C.Cc1cc(C)cc(N=O)c1.[Cu+]. The number of nitrogens with zero attached hydrogens (tertiary/aromatic N) is 3. The second kappa shape index (κ2) is 13.6. The van der Waals surface area contributed by atoms with E-state index < -0.39 is 0 Å². The molecule has 3 aromatic carbocycles. The minimum atomic E-state index is 0. The van der Waals surface area contributed by atoms with E-state index in [0.29, 0.717) is 5.69 Å². The van der Waals surface area contributed by atoms with E-state index in [9.17, 15) is 4.91 Å². The van der Waals surface area contributed by atoms with Crippen LogP contribution in [0.15, 0.2) is 76.5 Å². The summed E-state index contributed by atoms with van der Waals surface area (Å²) in [7, 11) is 0. The Morgan fingerprint density at radius 3 is 1.71 bits per heavy atom. The Hall–Kier alpha value is -3.01. The summed E-state index contributed by atoms with van der Waals surface area (Å²) in [6, 6.07) is 18.0. The Morgan fingerprint density at radius 1 is 0.765 bits per heavy atom. The van der Waals surface area contributed by atoms with E-state index in [-0.39, 0.29) is 17.1 Å². The van der Waals surface area contributed by atoms with Gasteiger partial charge in [-0.25, -0.2) is 0 Å². The molecule has 182 valence electrons. The molecule has 5 heteroatoms. The zero-order chi connectivity index (χ0) is 24.5. The van der Waals surface area contributed by atoms with Gasteiger partial charge in [-0.1, -0.05) is 66.6 Å². The van der Waals surface area contributed by atoms with Gasteiger partial charge in [-0.2, -0.15) is 5.70 Å². The maximum atomic E-state index is 10.1. The number of allylic oxidation sites excluding steroid dienone is 2. The second-order valence-electron chi connectivity index (χ2n) is 8.57. The predicted octanol–water partition coefficient (Wildman–Crippen LogP) is 9.32. The van der Waals surface area contributed by atoms with Gasteiger partial charge in [-0.3, -0.25) is 4.99 Å². The fourth-order valence-electron chi connectivity index (χ4n) is 3.69. The van der Waals surface area contributed by atoms with E-state index in [0.717, 1.165) is 33.9 Å². The van der Waals surface area contributed by atoms with Crippen molar-refractivity contribution in [2.75, 3.05) is 0 Å². The fourth-order valence-corrected chi connectivity index (χ4v) is 3.69. The molecule has 4 nitrogen and oxygen atoms in total. The summed E-state index contributed by atoms with van der Waals surface area (Å²) < 4.78 is 0. The molecule has 0 fully saturated rings. The summed E-state index contributed by atoms with van der Waals surface area (Å²) in [5, 5.41) is 7.61. The van der Waals surface area contributed by atoms with Gasteiger partial charge >= 0.3 is 17.1 Å². The van der Waals surface area contributed by atoms with Crippen LogP contribution in [-0.4, -0.2) is 5.71 Å². The molecule has 3 rings (SSSR count). The molecule has 0 aromatic heterocycles. The molecular formula is C29H34CuN3O. The van der Waals surface area contributed by atoms with Crippen molar-refractivity contribution in [3.8, 4) is 0 Å². The van der Waals surface area contributed by atoms with E-state index >= 15 is 0 Å². The molecule has 3 aromatic rings. The molecule has 0 N–H and O–H groups in total. The van der Waals surface area contributed by atoms with E-state index in [2.05, 4.69) is 69.3 Å². The molecule has 34 heavy (non-hydrogen) atoms. The first-order valence-electron chi connectivity index (χ1n) is 11.1. The summed E-state index contributed by atoms with van der Waals surface area (Å²) in [4.78, 5) is 14.8. The van der Waals surface area contributed by atoms with Crippen LogP contribution in [0.5, 0.6) is 0 Å². The zero-order valence-corrected chi connectivity index (χ0v) is 22.3. The fraction of sp³-hybridized carbons (Fsp3) is 0.276. The van der Waals surface area contributed by atoms with Crippen LogP contribution in [0, 0.1) is 46.4 Å². The standard InChI is InChI=1S/C21H25N2.C8H9NO.Cu/c1-14-9-7-10-15(2)20(14)22-18(5)13-19(6)23-21-16(3)11-8-12-17(21)4;1-6-3-7(2)5-8(4-6)9-10;/h7-13H,1-6H3;3-5H,1-2H3;/q-1;;+1/b18-13-,23-19?;;. The van der Waals surface area contributed by atoms with Crippen LogP contribution >= 0.6 is 0 Å². The quantitative estimate of drug-likeness (QED) is 0.194. The number of rotatable bonds is 5. The maximum Gasteiger partial charge on any atom is 1.00 e. The first kappa shape index (κ1) is 29.0. The number of nitroso groups, excluding NO2 is 1. The predicted molar refractivity (Wildman–Crippen MR) is 143 cm³/mol. The van der Waals surface area contributed by atoms with E-state index in [1.54, 1.807) is 12.1 Å². The van der Waals surface area contributed by atoms with Crippen LogP contribution in [0.2, 0.25) is 0 Å². The average molecular weight is 504 g/mol. The molecule has 0 unspecified atom stereocenters. The molecule has 0 amide bonds. The third-order valence-electron chi connectivity index (χ3n) is 5.18. The van der Waals surface area contributed by atoms with Crippen molar-refractivity contribution < 1.29 is 17.1 Å². The van der Waals surface area contributed by atoms with Gasteiger partial charge in [0.1, 0.15) is 5.69 Å². The molecule has 0 spiro atoms. The van der Waals surface area contributed by atoms with E-state index in [4.69, 9.17) is 10.3 Å². The van der Waals surface area contributed by atoms with Crippen LogP contribution < -0.4 is 0 Å². The molecule has 0 saturated heterocycles. The molecule has 0 heterocycles. The maximum absolute atomic E-state index is 10.1. The molecule has 0 saturated carbocycles. The second-order valence-corrected chi connectivity index (χ2v) is 8.57. The smallest absolute Gasteiger partial charge is 0.661 e. The molecule has 0 aliphatic rings. The molecular weight excluding hydrogens is 470 g/mol. The Kier molecular flexibility index (Phi) is 11.6. The largest absolute Gasteiger partial charge is 1.00 e. The minimum absolute atomic E-state index is 0. The van der Waals surface area contributed by atoms with Crippen molar-refractivity contribution >= 4 is 22.8 Å². The number of hydrogen-bond donors (Lipinski definition) is 0. The topological polar surface area (TPSA) is 55.9 Å². The number of aliphatic imine (C=N–C) groups is 1. The van der Waals surface area contributed by atoms with Crippen LogP contribution in [0.3, 0.4) is 0 Å². The summed E-state index contributed by atoms with van der Waals surface area (Å²) in [6.07, 6.45) is 2.04. The van der Waals surface area contributed by atoms with Crippen LogP contribution in [0.25, 0.3) is 5.32 Å². The first-order valence-corrected chi connectivity index (χ1v) is 11.1. The Balaban J connectivity index is 0.000000442. The zero-order valence-electron chi connectivity index (χ0n) is 21.3. The van der Waals surface area contributed by atoms with Crippen molar-refractivity contribution in [1.82, 2.24) is 0 Å². The number of benzene rings is 3. The van der Waals surface area contributed by atoms with E-state index in [1.165, 1.54) is 22.3 Å². The van der Waals surface area contributed by atoms with Gasteiger partial charge < -0.3 is 5.32 Å². The summed E-state index contributed by atoms with van der Waals surface area (Å²) in [5.74, 6) is 0. The summed E-state index contributed by atoms with van der Waals surface area (Å²) in [6.45, 7) is 16.3. The van der Waals surface area contributed by atoms with Crippen LogP contribution in [-0.2, 0) is 17.1 Å². The molecule has 0 atom stereocenters. The minimum Gasteiger partial charge on any atom is -0.661 e. The number of para-hydroxylation sites is 2. The Labute approximate surface area is 215 Å². The van der Waals surface area contributed by atoms with Gasteiger partial charge in [0.15, 0.2) is 0 Å². The van der Waals surface area contributed by atoms with Gasteiger partial charge in [0.25, 0.3) is 0 Å². The van der Waals surface area contributed by atoms with Gasteiger partial charge in [0.05, 0.1) is 5.69 Å². The van der Waals surface area contributed by atoms with Crippen LogP contribution in [0.1, 0.15) is 47.2 Å². The van der Waals surface area contributed by atoms with Gasteiger partial charge in [-0.05, 0) is 88.0 Å². The summed E-state index contributed by atoms with van der Waals surface area (Å²) >= 11 is 0. The van der Waals surface area contributed by atoms with Crippen molar-refractivity contribution in [2.45, 2.75) is 55.4 Å². The van der Waals surface area contributed by atoms with Gasteiger partial charge in [0.2, 0.25) is 0 Å². The molecule has 0 aliphatic carbocycles. The Morgan fingerprint density at radius 2 is 1.24 bits per heavy atom. The van der Waals surface area contributed by atoms with Gasteiger partial charge in [-0.15, -0.1) is 10.6 Å². The molecule has 0 radical (unpaired) electrons. The first-order chi connectivity index (χ1) is 15.6. The molecule has 0 bridgehead atoms. The van der Waals surface area contributed by atoms with Gasteiger partial charge in [0, 0.05) is 5.71 Å². The third kappa shape index (κ3) is 8.74.